The second-order valence-electron chi connectivity index (χ2n) is 4.60. The number of carbonyl (C=O) groups excluding carboxylic acids is 1. The largest absolute Gasteiger partial charge is 0.369 e. The summed E-state index contributed by atoms with van der Waals surface area (Å²) in [5, 5.41) is 5.94. The zero-order valence-corrected chi connectivity index (χ0v) is 10.9. The number of fused-ring (bicyclic) bond motifs is 1. The van der Waals surface area contributed by atoms with E-state index in [1.807, 2.05) is 24.3 Å². The molecule has 1 aliphatic rings. The smallest absolute Gasteiger partial charge is 0.228 e. The predicted molar refractivity (Wildman–Crippen MR) is 77.3 cm³/mol. The van der Waals surface area contributed by atoms with Gasteiger partial charge in [0.15, 0.2) is 0 Å². The van der Waals surface area contributed by atoms with Gasteiger partial charge in [0.1, 0.15) is 12.1 Å². The van der Waals surface area contributed by atoms with Gasteiger partial charge < -0.3 is 16.4 Å². The van der Waals surface area contributed by atoms with E-state index in [-0.39, 0.29) is 5.91 Å². The summed E-state index contributed by atoms with van der Waals surface area (Å²) < 4.78 is 0. The molecular weight excluding hydrogens is 254 g/mol. The van der Waals surface area contributed by atoms with Crippen LogP contribution in [0.5, 0.6) is 0 Å². The first-order valence-electron chi connectivity index (χ1n) is 6.45. The molecule has 1 aromatic carbocycles. The highest BCUT2D eigenvalue weighted by Crippen LogP contribution is 2.28. The van der Waals surface area contributed by atoms with Crippen LogP contribution in [0.2, 0.25) is 0 Å². The van der Waals surface area contributed by atoms with Gasteiger partial charge in [-0.2, -0.15) is 0 Å². The molecule has 1 aromatic heterocycles. The van der Waals surface area contributed by atoms with Gasteiger partial charge in [0.25, 0.3) is 0 Å². The minimum absolute atomic E-state index is 0.0325. The monoisotopic (exact) mass is 269 g/mol. The summed E-state index contributed by atoms with van der Waals surface area (Å²) in [6, 6.07) is 7.72. The van der Waals surface area contributed by atoms with Crippen molar-refractivity contribution in [1.29, 1.82) is 0 Å². The second kappa shape index (κ2) is 5.26. The van der Waals surface area contributed by atoms with Crippen molar-refractivity contribution in [3.05, 3.63) is 36.2 Å². The van der Waals surface area contributed by atoms with E-state index in [0.717, 1.165) is 28.3 Å². The molecule has 0 radical (unpaired) electrons. The lowest BCUT2D eigenvalue weighted by Crippen LogP contribution is -2.13. The molecule has 0 saturated heterocycles. The van der Waals surface area contributed by atoms with Gasteiger partial charge in [0, 0.05) is 30.4 Å². The average molecular weight is 269 g/mol. The molecule has 102 valence electrons. The number of nitrogens with two attached hydrogens (primary N) is 1. The molecule has 1 amide bonds. The molecule has 6 nitrogen and oxygen atoms in total. The molecule has 2 heterocycles. The maximum absolute atomic E-state index is 11.4. The summed E-state index contributed by atoms with van der Waals surface area (Å²) >= 11 is 0. The lowest BCUT2D eigenvalue weighted by atomic mass is 10.1. The van der Waals surface area contributed by atoms with Crippen molar-refractivity contribution in [3.63, 3.8) is 0 Å². The standard InChI is InChI=1S/C14H15N5O/c15-3-4-16-13-7-12(17-8-18-13)9-1-2-11-10(5-9)6-14(20)19-11/h1-2,5,7-8H,3-4,6,15H2,(H,19,20)(H,16,17,18). The molecule has 0 fully saturated rings. The van der Waals surface area contributed by atoms with Crippen molar-refractivity contribution in [2.45, 2.75) is 6.42 Å². The molecule has 3 rings (SSSR count). The maximum Gasteiger partial charge on any atom is 0.228 e. The van der Waals surface area contributed by atoms with Crippen LogP contribution in [-0.2, 0) is 11.2 Å². The van der Waals surface area contributed by atoms with Crippen LogP contribution in [-0.4, -0.2) is 29.0 Å². The van der Waals surface area contributed by atoms with E-state index in [1.54, 1.807) is 0 Å². The highest BCUT2D eigenvalue weighted by Gasteiger charge is 2.18. The second-order valence-corrected chi connectivity index (χ2v) is 4.60. The van der Waals surface area contributed by atoms with E-state index in [9.17, 15) is 4.79 Å². The molecule has 0 unspecified atom stereocenters. The van der Waals surface area contributed by atoms with E-state index >= 15 is 0 Å². The Kier molecular flexibility index (Phi) is 3.30. The number of carbonyl (C=O) groups is 1. The number of aromatic nitrogens is 2. The molecule has 2 aromatic rings. The molecule has 0 spiro atoms. The minimum Gasteiger partial charge on any atom is -0.369 e. The summed E-state index contributed by atoms with van der Waals surface area (Å²) in [5.74, 6) is 0.778. The molecule has 20 heavy (non-hydrogen) atoms. The van der Waals surface area contributed by atoms with Gasteiger partial charge >= 0.3 is 0 Å². The van der Waals surface area contributed by atoms with Crippen LogP contribution in [0.1, 0.15) is 5.56 Å². The Labute approximate surface area is 116 Å². The Morgan fingerprint density at radius 2 is 2.20 bits per heavy atom. The Morgan fingerprint density at radius 3 is 3.05 bits per heavy atom. The van der Waals surface area contributed by atoms with E-state index in [2.05, 4.69) is 20.6 Å². The lowest BCUT2D eigenvalue weighted by molar-refractivity contribution is -0.115. The fourth-order valence-electron chi connectivity index (χ4n) is 2.20. The molecule has 0 saturated carbocycles. The summed E-state index contributed by atoms with van der Waals surface area (Å²) in [6.07, 6.45) is 1.94. The number of hydrogen-bond acceptors (Lipinski definition) is 5. The van der Waals surface area contributed by atoms with E-state index < -0.39 is 0 Å². The van der Waals surface area contributed by atoms with Gasteiger partial charge in [-0.05, 0) is 17.7 Å². The fourth-order valence-corrected chi connectivity index (χ4v) is 2.20. The van der Waals surface area contributed by atoms with Crippen molar-refractivity contribution in [2.75, 3.05) is 23.7 Å². The Morgan fingerprint density at radius 1 is 1.30 bits per heavy atom. The highest BCUT2D eigenvalue weighted by molar-refractivity contribution is 5.99. The first-order valence-corrected chi connectivity index (χ1v) is 6.45. The average Bonchev–Trinajstić information content (AvgIpc) is 2.84. The number of hydrogen-bond donors (Lipinski definition) is 3. The van der Waals surface area contributed by atoms with Gasteiger partial charge in [-0.3, -0.25) is 4.79 Å². The summed E-state index contributed by atoms with van der Waals surface area (Å²) in [7, 11) is 0. The molecule has 6 heteroatoms. The number of nitrogens with zero attached hydrogens (tertiary/aromatic N) is 2. The predicted octanol–water partition coefficient (Wildman–Crippen LogP) is 1.01. The van der Waals surface area contributed by atoms with Crippen LogP contribution in [0.4, 0.5) is 11.5 Å². The normalized spacial score (nSPS) is 12.9. The SMILES string of the molecule is NCCNc1cc(-c2ccc3c(c2)CC(=O)N3)ncn1. The molecule has 4 N–H and O–H groups in total. The summed E-state index contributed by atoms with van der Waals surface area (Å²) in [4.78, 5) is 19.8. The lowest BCUT2D eigenvalue weighted by Gasteiger charge is -2.07. The van der Waals surface area contributed by atoms with Crippen molar-refractivity contribution >= 4 is 17.4 Å². The van der Waals surface area contributed by atoms with Crippen LogP contribution >= 0.6 is 0 Å². The van der Waals surface area contributed by atoms with E-state index in [0.29, 0.717) is 19.5 Å². The van der Waals surface area contributed by atoms with E-state index in [4.69, 9.17) is 5.73 Å². The third-order valence-corrected chi connectivity index (χ3v) is 3.14. The minimum atomic E-state index is 0.0325. The zero-order valence-electron chi connectivity index (χ0n) is 10.9. The highest BCUT2D eigenvalue weighted by atomic mass is 16.1. The van der Waals surface area contributed by atoms with Crippen molar-refractivity contribution in [1.82, 2.24) is 9.97 Å². The first kappa shape index (κ1) is 12.6. The Hall–Kier alpha value is -2.47. The first-order chi connectivity index (χ1) is 9.76. The topological polar surface area (TPSA) is 92.9 Å². The number of nitrogens with one attached hydrogen (secondary N) is 2. The number of amides is 1. The van der Waals surface area contributed by atoms with Crippen LogP contribution in [0.25, 0.3) is 11.3 Å². The molecule has 0 atom stereocenters. The quantitative estimate of drug-likeness (QED) is 0.770. The molecular formula is C14H15N5O. The van der Waals surface area contributed by atoms with Gasteiger partial charge in [-0.1, -0.05) is 6.07 Å². The van der Waals surface area contributed by atoms with Gasteiger partial charge in [-0.15, -0.1) is 0 Å². The van der Waals surface area contributed by atoms with Crippen LogP contribution in [0, 0.1) is 0 Å². The fraction of sp³-hybridized carbons (Fsp3) is 0.214. The third kappa shape index (κ3) is 2.46. The van der Waals surface area contributed by atoms with Crippen LogP contribution in [0.3, 0.4) is 0 Å². The van der Waals surface area contributed by atoms with E-state index in [1.165, 1.54) is 6.33 Å². The molecule has 1 aliphatic heterocycles. The van der Waals surface area contributed by atoms with Crippen LogP contribution < -0.4 is 16.4 Å². The Balaban J connectivity index is 1.89. The third-order valence-electron chi connectivity index (χ3n) is 3.14. The Bertz CT molecular complexity index is 656. The summed E-state index contributed by atoms with van der Waals surface area (Å²) in [6.45, 7) is 1.21. The number of anilines is 2. The van der Waals surface area contributed by atoms with Crippen molar-refractivity contribution in [2.24, 2.45) is 5.73 Å². The summed E-state index contributed by atoms with van der Waals surface area (Å²) in [5.41, 5.74) is 9.13. The number of benzene rings is 1. The van der Waals surface area contributed by atoms with Crippen LogP contribution in [0.15, 0.2) is 30.6 Å². The maximum atomic E-state index is 11.4. The van der Waals surface area contributed by atoms with Crippen molar-refractivity contribution in [3.8, 4) is 11.3 Å². The number of rotatable bonds is 4. The molecule has 0 bridgehead atoms. The molecule has 0 aliphatic carbocycles. The van der Waals surface area contributed by atoms with Gasteiger partial charge in [-0.25, -0.2) is 9.97 Å². The zero-order chi connectivity index (χ0) is 13.9. The van der Waals surface area contributed by atoms with Gasteiger partial charge in [0.05, 0.1) is 12.1 Å². The van der Waals surface area contributed by atoms with Crippen molar-refractivity contribution < 1.29 is 4.79 Å². The van der Waals surface area contributed by atoms with Gasteiger partial charge in [0.2, 0.25) is 5.91 Å².